The number of hydrogen-bond acceptors (Lipinski definition) is 3. The summed E-state index contributed by atoms with van der Waals surface area (Å²) in [5, 5.41) is 15.9. The molecule has 0 bridgehead atoms. The number of carbonyl (C=O) groups excluding carboxylic acids is 1. The van der Waals surface area contributed by atoms with E-state index in [1.165, 1.54) is 0 Å². The van der Waals surface area contributed by atoms with Crippen molar-refractivity contribution in [2.24, 2.45) is 5.41 Å². The number of aliphatic hydroxyl groups is 1. The Morgan fingerprint density at radius 2 is 2.06 bits per heavy atom. The number of rotatable bonds is 5. The van der Waals surface area contributed by atoms with E-state index in [1.807, 2.05) is 27.7 Å². The van der Waals surface area contributed by atoms with Crippen molar-refractivity contribution in [2.45, 2.75) is 71.7 Å². The van der Waals surface area contributed by atoms with E-state index < -0.39 is 0 Å². The molecule has 0 spiro atoms. The van der Waals surface area contributed by atoms with Crippen LogP contribution >= 0.6 is 0 Å². The predicted octanol–water partition coefficient (Wildman–Crippen LogP) is 1.04. The van der Waals surface area contributed by atoms with Gasteiger partial charge in [-0.1, -0.05) is 20.8 Å². The summed E-state index contributed by atoms with van der Waals surface area (Å²) in [6.45, 7) is 9.98. The summed E-state index contributed by atoms with van der Waals surface area (Å²) in [4.78, 5) is 11.8. The molecule has 1 amide bonds. The van der Waals surface area contributed by atoms with Crippen molar-refractivity contribution in [1.82, 2.24) is 10.6 Å². The summed E-state index contributed by atoms with van der Waals surface area (Å²) >= 11 is 0. The third-order valence-electron chi connectivity index (χ3n) is 4.06. The van der Waals surface area contributed by atoms with Gasteiger partial charge in [0.15, 0.2) is 0 Å². The fourth-order valence-corrected chi connectivity index (χ4v) is 2.03. The van der Waals surface area contributed by atoms with Crippen molar-refractivity contribution in [3.63, 3.8) is 0 Å². The molecule has 0 aromatic carbocycles. The molecule has 0 aliphatic heterocycles. The van der Waals surface area contributed by atoms with Gasteiger partial charge in [0, 0.05) is 17.5 Å². The molecule has 0 saturated heterocycles. The summed E-state index contributed by atoms with van der Waals surface area (Å²) in [6.07, 6.45) is 1.41. The Kier molecular flexibility index (Phi) is 4.55. The zero-order valence-electron chi connectivity index (χ0n) is 11.6. The van der Waals surface area contributed by atoms with Crippen molar-refractivity contribution in [3.05, 3.63) is 0 Å². The lowest BCUT2D eigenvalue weighted by Gasteiger charge is -2.50. The first kappa shape index (κ1) is 14.5. The maximum Gasteiger partial charge on any atom is 0.237 e. The Hall–Kier alpha value is -0.610. The third-order valence-corrected chi connectivity index (χ3v) is 4.06. The van der Waals surface area contributed by atoms with E-state index in [1.54, 1.807) is 0 Å². The van der Waals surface area contributed by atoms with E-state index in [4.69, 9.17) is 0 Å². The molecule has 4 unspecified atom stereocenters. The summed E-state index contributed by atoms with van der Waals surface area (Å²) in [5.41, 5.74) is -0.134. The number of amides is 1. The normalized spacial score (nSPS) is 30.2. The minimum atomic E-state index is -0.259. The Balaban J connectivity index is 2.40. The summed E-state index contributed by atoms with van der Waals surface area (Å²) in [5.74, 6) is 0.0385. The second-order valence-corrected chi connectivity index (χ2v) is 5.83. The van der Waals surface area contributed by atoms with Crippen LogP contribution in [-0.2, 0) is 4.79 Å². The van der Waals surface area contributed by atoms with E-state index in [9.17, 15) is 9.90 Å². The molecule has 0 aromatic heterocycles. The van der Waals surface area contributed by atoms with E-state index in [0.717, 1.165) is 12.8 Å². The molecule has 17 heavy (non-hydrogen) atoms. The van der Waals surface area contributed by atoms with Gasteiger partial charge in [-0.05, 0) is 26.7 Å². The van der Waals surface area contributed by atoms with Gasteiger partial charge in [-0.25, -0.2) is 0 Å². The van der Waals surface area contributed by atoms with Crippen molar-refractivity contribution in [2.75, 3.05) is 0 Å². The van der Waals surface area contributed by atoms with E-state index >= 15 is 0 Å². The van der Waals surface area contributed by atoms with E-state index in [2.05, 4.69) is 17.6 Å². The maximum atomic E-state index is 11.8. The largest absolute Gasteiger partial charge is 0.392 e. The molecular weight excluding hydrogens is 216 g/mol. The predicted molar refractivity (Wildman–Crippen MR) is 68.7 cm³/mol. The summed E-state index contributed by atoms with van der Waals surface area (Å²) < 4.78 is 0. The van der Waals surface area contributed by atoms with Gasteiger partial charge in [0.2, 0.25) is 5.91 Å². The van der Waals surface area contributed by atoms with Crippen LogP contribution in [0.2, 0.25) is 0 Å². The fourth-order valence-electron chi connectivity index (χ4n) is 2.03. The van der Waals surface area contributed by atoms with Crippen LogP contribution in [0.1, 0.15) is 47.5 Å². The minimum Gasteiger partial charge on any atom is -0.392 e. The fraction of sp³-hybridized carbons (Fsp3) is 0.923. The highest BCUT2D eigenvalue weighted by atomic mass is 16.3. The van der Waals surface area contributed by atoms with Crippen molar-refractivity contribution < 1.29 is 9.90 Å². The standard InChI is InChI=1S/C13H26N2O2/c1-6-8(2)14-12(17)9(3)15-10-7-11(16)13(10,4)5/h8-11,15-16H,6-7H2,1-5H3,(H,14,17). The molecule has 4 atom stereocenters. The van der Waals surface area contributed by atoms with Crippen LogP contribution in [0.4, 0.5) is 0 Å². The summed E-state index contributed by atoms with van der Waals surface area (Å²) in [7, 11) is 0. The molecule has 4 nitrogen and oxygen atoms in total. The molecular formula is C13H26N2O2. The van der Waals surface area contributed by atoms with Crippen molar-refractivity contribution in [3.8, 4) is 0 Å². The highest BCUT2D eigenvalue weighted by molar-refractivity contribution is 5.81. The zero-order chi connectivity index (χ0) is 13.2. The number of carbonyl (C=O) groups is 1. The first-order valence-electron chi connectivity index (χ1n) is 6.53. The van der Waals surface area contributed by atoms with E-state index in [-0.39, 0.29) is 35.6 Å². The maximum absolute atomic E-state index is 11.8. The van der Waals surface area contributed by atoms with Gasteiger partial charge in [0.1, 0.15) is 0 Å². The molecule has 1 aliphatic carbocycles. The molecule has 4 heteroatoms. The molecule has 3 N–H and O–H groups in total. The SMILES string of the molecule is CCC(C)NC(=O)C(C)NC1CC(O)C1(C)C. The zero-order valence-corrected chi connectivity index (χ0v) is 11.6. The highest BCUT2D eigenvalue weighted by Crippen LogP contribution is 2.40. The Labute approximate surface area is 104 Å². The average Bonchev–Trinajstić information content (AvgIpc) is 2.28. The lowest BCUT2D eigenvalue weighted by Crippen LogP contribution is -2.63. The Morgan fingerprint density at radius 1 is 1.47 bits per heavy atom. The lowest BCUT2D eigenvalue weighted by atomic mass is 9.64. The van der Waals surface area contributed by atoms with Gasteiger partial charge in [0.25, 0.3) is 0 Å². The number of nitrogens with one attached hydrogen (secondary N) is 2. The van der Waals surface area contributed by atoms with E-state index in [0.29, 0.717) is 0 Å². The smallest absolute Gasteiger partial charge is 0.237 e. The second kappa shape index (κ2) is 5.36. The third kappa shape index (κ3) is 3.19. The van der Waals surface area contributed by atoms with Crippen LogP contribution in [0.5, 0.6) is 0 Å². The molecule has 1 fully saturated rings. The van der Waals surface area contributed by atoms with Crippen LogP contribution in [-0.4, -0.2) is 35.2 Å². The molecule has 0 radical (unpaired) electrons. The molecule has 0 heterocycles. The van der Waals surface area contributed by atoms with Crippen LogP contribution in [0, 0.1) is 5.41 Å². The average molecular weight is 242 g/mol. The van der Waals surface area contributed by atoms with Crippen LogP contribution in [0.25, 0.3) is 0 Å². The van der Waals surface area contributed by atoms with Crippen LogP contribution in [0.3, 0.4) is 0 Å². The highest BCUT2D eigenvalue weighted by Gasteiger charge is 2.47. The van der Waals surface area contributed by atoms with Crippen molar-refractivity contribution >= 4 is 5.91 Å². The monoisotopic (exact) mass is 242 g/mol. The first-order chi connectivity index (χ1) is 7.78. The molecule has 1 saturated carbocycles. The van der Waals surface area contributed by atoms with Gasteiger partial charge in [-0.15, -0.1) is 0 Å². The van der Waals surface area contributed by atoms with Gasteiger partial charge < -0.3 is 15.7 Å². The second-order valence-electron chi connectivity index (χ2n) is 5.83. The molecule has 100 valence electrons. The lowest BCUT2D eigenvalue weighted by molar-refractivity contribution is -0.126. The van der Waals surface area contributed by atoms with Gasteiger partial charge >= 0.3 is 0 Å². The molecule has 0 aromatic rings. The molecule has 1 aliphatic rings. The number of aliphatic hydroxyl groups excluding tert-OH is 1. The van der Waals surface area contributed by atoms with Gasteiger partial charge in [0.05, 0.1) is 12.1 Å². The Morgan fingerprint density at radius 3 is 2.47 bits per heavy atom. The number of hydrogen-bond donors (Lipinski definition) is 3. The minimum absolute atomic E-state index is 0.0385. The van der Waals surface area contributed by atoms with Gasteiger partial charge in [-0.3, -0.25) is 4.79 Å². The topological polar surface area (TPSA) is 61.4 Å². The van der Waals surface area contributed by atoms with Crippen LogP contribution < -0.4 is 10.6 Å². The quantitative estimate of drug-likeness (QED) is 0.675. The molecule has 1 rings (SSSR count). The van der Waals surface area contributed by atoms with Gasteiger partial charge in [-0.2, -0.15) is 0 Å². The first-order valence-corrected chi connectivity index (χ1v) is 6.53. The Bertz CT molecular complexity index is 279. The summed E-state index contributed by atoms with van der Waals surface area (Å²) in [6, 6.07) is 0.225. The van der Waals surface area contributed by atoms with Crippen LogP contribution in [0.15, 0.2) is 0 Å². The van der Waals surface area contributed by atoms with Crippen molar-refractivity contribution in [1.29, 1.82) is 0 Å².